The van der Waals surface area contributed by atoms with Gasteiger partial charge < -0.3 is 4.52 Å². The molecule has 4 aromatic rings. The van der Waals surface area contributed by atoms with E-state index in [-0.39, 0.29) is 24.0 Å². The predicted octanol–water partition coefficient (Wildman–Crippen LogP) is 3.07. The first kappa shape index (κ1) is 17.8. The Hall–Kier alpha value is -3.62. The Morgan fingerprint density at radius 2 is 2.00 bits per heavy atom. The van der Waals surface area contributed by atoms with Crippen LogP contribution in [0.3, 0.4) is 0 Å². The molecule has 0 fully saturated rings. The highest BCUT2D eigenvalue weighted by Gasteiger charge is 2.20. The van der Waals surface area contributed by atoms with E-state index in [0.29, 0.717) is 22.7 Å². The highest BCUT2D eigenvalue weighted by atomic mass is 19.1. The monoisotopic (exact) mass is 380 g/mol. The lowest BCUT2D eigenvalue weighted by Gasteiger charge is -2.05. The molecule has 0 bridgehead atoms. The van der Waals surface area contributed by atoms with E-state index in [0.717, 1.165) is 11.4 Å². The van der Waals surface area contributed by atoms with Gasteiger partial charge in [-0.2, -0.15) is 4.80 Å². The SMILES string of the molecule is Cc1cc(-n2c(C)cc(C(=O)Cn3nnc(-c4cccc(F)c4)n3)c2C)no1. The van der Waals surface area contributed by atoms with Gasteiger partial charge in [-0.25, -0.2) is 4.39 Å². The molecule has 0 aliphatic heterocycles. The third kappa shape index (κ3) is 3.22. The zero-order chi connectivity index (χ0) is 19.8. The molecule has 0 saturated heterocycles. The number of benzene rings is 1. The van der Waals surface area contributed by atoms with E-state index in [1.165, 1.54) is 16.9 Å². The summed E-state index contributed by atoms with van der Waals surface area (Å²) in [6, 6.07) is 9.50. The lowest BCUT2D eigenvalue weighted by Crippen LogP contribution is -2.14. The van der Waals surface area contributed by atoms with E-state index in [2.05, 4.69) is 20.6 Å². The Kier molecular flexibility index (Phi) is 4.34. The molecule has 9 heteroatoms. The summed E-state index contributed by atoms with van der Waals surface area (Å²) in [5.74, 6) is 1.02. The number of hydrogen-bond acceptors (Lipinski definition) is 6. The molecule has 0 amide bonds. The third-order valence-electron chi connectivity index (χ3n) is 4.40. The van der Waals surface area contributed by atoms with Gasteiger partial charge in [0.2, 0.25) is 5.82 Å². The number of carbonyl (C=O) groups is 1. The lowest BCUT2D eigenvalue weighted by molar-refractivity contribution is 0.0961. The standard InChI is InChI=1S/C19H17FN6O2/c1-11-7-16(13(3)26(11)18-8-12(2)28-23-18)17(27)10-25-22-19(21-24-25)14-5-4-6-15(20)9-14/h4-9H,10H2,1-3H3. The van der Waals surface area contributed by atoms with Crippen molar-refractivity contribution in [3.05, 3.63) is 64.9 Å². The van der Waals surface area contributed by atoms with Crippen LogP contribution < -0.4 is 0 Å². The van der Waals surface area contributed by atoms with Crippen LogP contribution in [0.2, 0.25) is 0 Å². The van der Waals surface area contributed by atoms with Crippen LogP contribution in [0.5, 0.6) is 0 Å². The number of halogens is 1. The molecule has 0 spiro atoms. The summed E-state index contributed by atoms with van der Waals surface area (Å²) in [5.41, 5.74) is 2.66. The van der Waals surface area contributed by atoms with Crippen LogP contribution in [0.25, 0.3) is 17.2 Å². The molecule has 3 aromatic heterocycles. The van der Waals surface area contributed by atoms with E-state index in [1.54, 1.807) is 24.3 Å². The fourth-order valence-electron chi connectivity index (χ4n) is 3.12. The molecule has 0 aliphatic carbocycles. The first-order chi connectivity index (χ1) is 13.4. The minimum Gasteiger partial charge on any atom is -0.360 e. The quantitative estimate of drug-likeness (QED) is 0.494. The van der Waals surface area contributed by atoms with Gasteiger partial charge in [-0.3, -0.25) is 9.36 Å². The van der Waals surface area contributed by atoms with Crippen LogP contribution in [0.1, 0.15) is 27.5 Å². The summed E-state index contributed by atoms with van der Waals surface area (Å²) in [7, 11) is 0. The molecule has 0 aliphatic rings. The first-order valence-electron chi connectivity index (χ1n) is 8.62. The minimum atomic E-state index is -0.388. The second kappa shape index (κ2) is 6.84. The molecule has 28 heavy (non-hydrogen) atoms. The molecule has 8 nitrogen and oxygen atoms in total. The van der Waals surface area contributed by atoms with Crippen molar-refractivity contribution in [3.8, 4) is 17.2 Å². The molecular formula is C19H17FN6O2. The number of rotatable bonds is 5. The van der Waals surface area contributed by atoms with Gasteiger partial charge >= 0.3 is 0 Å². The van der Waals surface area contributed by atoms with Gasteiger partial charge in [0, 0.05) is 28.6 Å². The Labute approximate surface area is 159 Å². The van der Waals surface area contributed by atoms with Gasteiger partial charge in [-0.05, 0) is 44.2 Å². The molecule has 142 valence electrons. The molecule has 4 rings (SSSR count). The number of aryl methyl sites for hydroxylation is 2. The van der Waals surface area contributed by atoms with Crippen LogP contribution >= 0.6 is 0 Å². The Morgan fingerprint density at radius 3 is 2.71 bits per heavy atom. The van der Waals surface area contributed by atoms with Gasteiger partial charge in [0.05, 0.1) is 0 Å². The van der Waals surface area contributed by atoms with E-state index in [9.17, 15) is 9.18 Å². The van der Waals surface area contributed by atoms with Crippen molar-refractivity contribution in [2.75, 3.05) is 0 Å². The average molecular weight is 380 g/mol. The van der Waals surface area contributed by atoms with Crippen molar-refractivity contribution in [1.82, 2.24) is 29.9 Å². The maximum absolute atomic E-state index is 13.4. The number of Topliss-reactive ketones (excluding diaryl/α,β-unsaturated/α-hetero) is 1. The zero-order valence-corrected chi connectivity index (χ0v) is 15.5. The topological polar surface area (TPSA) is 91.6 Å². The highest BCUT2D eigenvalue weighted by Crippen LogP contribution is 2.21. The highest BCUT2D eigenvalue weighted by molar-refractivity contribution is 5.97. The van der Waals surface area contributed by atoms with Gasteiger partial charge in [-0.1, -0.05) is 17.3 Å². The van der Waals surface area contributed by atoms with Crippen molar-refractivity contribution in [3.63, 3.8) is 0 Å². The van der Waals surface area contributed by atoms with Crippen LogP contribution in [-0.2, 0) is 6.54 Å². The molecule has 3 heterocycles. The first-order valence-corrected chi connectivity index (χ1v) is 8.62. The maximum atomic E-state index is 13.4. The molecule has 0 atom stereocenters. The largest absolute Gasteiger partial charge is 0.360 e. The normalized spacial score (nSPS) is 11.1. The van der Waals surface area contributed by atoms with Gasteiger partial charge in [0.15, 0.2) is 11.6 Å². The van der Waals surface area contributed by atoms with Gasteiger partial charge in [0.1, 0.15) is 18.1 Å². The predicted molar refractivity (Wildman–Crippen MR) is 97.6 cm³/mol. The number of carbonyl (C=O) groups excluding carboxylic acids is 1. The summed E-state index contributed by atoms with van der Waals surface area (Å²) in [5, 5.41) is 16.0. The molecule has 0 N–H and O–H groups in total. The summed E-state index contributed by atoms with van der Waals surface area (Å²) < 4.78 is 20.4. The average Bonchev–Trinajstić information content (AvgIpc) is 3.35. The summed E-state index contributed by atoms with van der Waals surface area (Å²) in [6.45, 7) is 5.47. The summed E-state index contributed by atoms with van der Waals surface area (Å²) in [4.78, 5) is 14.0. The summed E-state index contributed by atoms with van der Waals surface area (Å²) >= 11 is 0. The Balaban J connectivity index is 1.58. The van der Waals surface area contributed by atoms with Gasteiger partial charge in [0.25, 0.3) is 0 Å². The maximum Gasteiger partial charge on any atom is 0.205 e. The van der Waals surface area contributed by atoms with Gasteiger partial charge in [-0.15, -0.1) is 10.2 Å². The molecule has 0 radical (unpaired) electrons. The number of hydrogen-bond donors (Lipinski definition) is 0. The molecular weight excluding hydrogens is 363 g/mol. The van der Waals surface area contributed by atoms with Crippen LogP contribution in [0.4, 0.5) is 4.39 Å². The van der Waals surface area contributed by atoms with E-state index >= 15 is 0 Å². The second-order valence-corrected chi connectivity index (χ2v) is 6.49. The van der Waals surface area contributed by atoms with Crippen LogP contribution in [-0.4, -0.2) is 35.7 Å². The number of ketones is 1. The second-order valence-electron chi connectivity index (χ2n) is 6.49. The zero-order valence-electron chi connectivity index (χ0n) is 15.5. The van der Waals surface area contributed by atoms with Crippen molar-refractivity contribution in [2.45, 2.75) is 27.3 Å². The number of nitrogens with zero attached hydrogens (tertiary/aromatic N) is 6. The van der Waals surface area contributed by atoms with E-state index < -0.39 is 0 Å². The summed E-state index contributed by atoms with van der Waals surface area (Å²) in [6.07, 6.45) is 0. The van der Waals surface area contributed by atoms with Crippen LogP contribution in [0.15, 0.2) is 40.9 Å². The third-order valence-corrected chi connectivity index (χ3v) is 4.40. The van der Waals surface area contributed by atoms with Crippen molar-refractivity contribution in [1.29, 1.82) is 0 Å². The van der Waals surface area contributed by atoms with Crippen molar-refractivity contribution in [2.24, 2.45) is 0 Å². The Bertz CT molecular complexity index is 1170. The molecule has 0 unspecified atom stereocenters. The fourth-order valence-corrected chi connectivity index (χ4v) is 3.12. The Morgan fingerprint density at radius 1 is 1.18 bits per heavy atom. The van der Waals surface area contributed by atoms with E-state index in [1.807, 2.05) is 25.3 Å². The van der Waals surface area contributed by atoms with Crippen LogP contribution in [0, 0.1) is 26.6 Å². The molecule has 1 aromatic carbocycles. The fraction of sp³-hybridized carbons (Fsp3) is 0.211. The number of tetrazole rings is 1. The minimum absolute atomic E-state index is 0.0789. The van der Waals surface area contributed by atoms with Crippen molar-refractivity contribution < 1.29 is 13.7 Å². The van der Waals surface area contributed by atoms with E-state index in [4.69, 9.17) is 4.52 Å². The van der Waals surface area contributed by atoms with Crippen molar-refractivity contribution >= 4 is 5.78 Å². The number of aromatic nitrogens is 6. The lowest BCUT2D eigenvalue weighted by atomic mass is 10.1. The smallest absolute Gasteiger partial charge is 0.205 e. The molecule has 0 saturated carbocycles.